The van der Waals surface area contributed by atoms with Gasteiger partial charge in [-0.1, -0.05) is 31.2 Å². The van der Waals surface area contributed by atoms with Crippen LogP contribution in [0, 0.1) is 0 Å². The van der Waals surface area contributed by atoms with Gasteiger partial charge >= 0.3 is 0 Å². The lowest BCUT2D eigenvalue weighted by molar-refractivity contribution is -0.114. The number of halogens is 1. The molecule has 0 unspecified atom stereocenters. The molecule has 136 valence electrons. The van der Waals surface area contributed by atoms with Crippen LogP contribution in [0.2, 0.25) is 0 Å². The summed E-state index contributed by atoms with van der Waals surface area (Å²) in [7, 11) is 0. The third kappa shape index (κ3) is 4.15. The van der Waals surface area contributed by atoms with Gasteiger partial charge in [0, 0.05) is 24.1 Å². The van der Waals surface area contributed by atoms with Gasteiger partial charge in [0.2, 0.25) is 5.91 Å². The number of anilines is 1. The first kappa shape index (κ1) is 18.6. The first-order chi connectivity index (χ1) is 12.5. The monoisotopic (exact) mass is 415 g/mol. The maximum atomic E-state index is 13.0. The number of aryl methyl sites for hydroxylation is 1. The van der Waals surface area contributed by atoms with Crippen molar-refractivity contribution in [2.45, 2.75) is 45.6 Å². The van der Waals surface area contributed by atoms with Crippen molar-refractivity contribution in [2.75, 3.05) is 5.32 Å². The number of ether oxygens (including phenoxy) is 1. The zero-order chi connectivity index (χ0) is 18.7. The highest BCUT2D eigenvalue weighted by atomic mass is 79.9. The van der Waals surface area contributed by atoms with Gasteiger partial charge in [0.05, 0.1) is 16.3 Å². The maximum absolute atomic E-state index is 13.0. The van der Waals surface area contributed by atoms with Crippen LogP contribution in [0.3, 0.4) is 0 Å². The molecule has 1 amide bonds. The Balaban J connectivity index is 1.96. The van der Waals surface area contributed by atoms with Gasteiger partial charge in [0.15, 0.2) is 5.78 Å². The summed E-state index contributed by atoms with van der Waals surface area (Å²) >= 11 is 3.50. The van der Waals surface area contributed by atoms with Crippen molar-refractivity contribution in [3.8, 4) is 5.75 Å². The molecule has 1 aliphatic rings. The molecule has 1 saturated carbocycles. The second-order valence-corrected chi connectivity index (χ2v) is 7.41. The van der Waals surface area contributed by atoms with Crippen molar-refractivity contribution >= 4 is 33.3 Å². The Morgan fingerprint density at radius 1 is 1.19 bits per heavy atom. The van der Waals surface area contributed by atoms with Crippen molar-refractivity contribution in [2.24, 2.45) is 0 Å². The molecule has 0 saturated heterocycles. The molecule has 1 fully saturated rings. The Kier molecular flexibility index (Phi) is 5.77. The molecule has 0 aliphatic heterocycles. The van der Waals surface area contributed by atoms with Gasteiger partial charge in [0.25, 0.3) is 0 Å². The molecule has 0 bridgehead atoms. The van der Waals surface area contributed by atoms with Crippen molar-refractivity contribution in [3.63, 3.8) is 0 Å². The van der Waals surface area contributed by atoms with Crippen molar-refractivity contribution in [1.29, 1.82) is 0 Å². The second-order valence-electron chi connectivity index (χ2n) is 6.56. The minimum absolute atomic E-state index is 0.132. The van der Waals surface area contributed by atoms with E-state index in [9.17, 15) is 9.59 Å². The van der Waals surface area contributed by atoms with Crippen LogP contribution in [0.4, 0.5) is 5.69 Å². The van der Waals surface area contributed by atoms with E-state index >= 15 is 0 Å². The molecule has 2 aromatic carbocycles. The highest BCUT2D eigenvalue weighted by Gasteiger charge is 2.23. The number of benzene rings is 2. The van der Waals surface area contributed by atoms with Crippen LogP contribution in [-0.4, -0.2) is 17.8 Å². The number of rotatable bonds is 6. The Hall–Kier alpha value is -2.14. The molecule has 1 aliphatic carbocycles. The predicted octanol–water partition coefficient (Wildman–Crippen LogP) is 5.13. The van der Waals surface area contributed by atoms with E-state index in [1.807, 2.05) is 24.3 Å². The van der Waals surface area contributed by atoms with Gasteiger partial charge in [-0.25, -0.2) is 0 Å². The molecule has 26 heavy (non-hydrogen) atoms. The first-order valence-corrected chi connectivity index (χ1v) is 9.68. The summed E-state index contributed by atoms with van der Waals surface area (Å²) in [6.45, 7) is 3.50. The largest absolute Gasteiger partial charge is 0.489 e. The van der Waals surface area contributed by atoms with Gasteiger partial charge in [0.1, 0.15) is 5.75 Å². The van der Waals surface area contributed by atoms with Crippen molar-refractivity contribution in [1.82, 2.24) is 0 Å². The van der Waals surface area contributed by atoms with E-state index in [-0.39, 0.29) is 17.8 Å². The van der Waals surface area contributed by atoms with Crippen molar-refractivity contribution < 1.29 is 14.3 Å². The standard InChI is InChI=1S/C21H22BrNO3/c1-3-14-7-9-15(10-8-14)21(25)17-11-18(22)20(26-16-5-4-6-16)12-19(17)23-13(2)24/h7-12,16H,3-6H2,1-2H3,(H,23,24). The highest BCUT2D eigenvalue weighted by molar-refractivity contribution is 9.10. The molecule has 5 heteroatoms. The molecular weight excluding hydrogens is 394 g/mol. The number of hydrogen-bond acceptors (Lipinski definition) is 3. The lowest BCUT2D eigenvalue weighted by Crippen LogP contribution is -2.25. The van der Waals surface area contributed by atoms with Crippen LogP contribution in [0.1, 0.15) is 54.6 Å². The molecule has 0 atom stereocenters. The number of amides is 1. The number of nitrogens with one attached hydrogen (secondary N) is 1. The van der Waals surface area contributed by atoms with E-state index in [0.29, 0.717) is 27.0 Å². The Bertz CT molecular complexity index is 826. The van der Waals surface area contributed by atoms with Crippen molar-refractivity contribution in [3.05, 3.63) is 57.6 Å². The third-order valence-corrected chi connectivity index (χ3v) is 5.22. The third-order valence-electron chi connectivity index (χ3n) is 4.60. The molecule has 0 aromatic heterocycles. The number of carbonyl (C=O) groups is 2. The fraction of sp³-hybridized carbons (Fsp3) is 0.333. The van der Waals surface area contributed by atoms with Crippen LogP contribution < -0.4 is 10.1 Å². The van der Waals surface area contributed by atoms with Gasteiger partial charge in [-0.05, 0) is 53.2 Å². The fourth-order valence-electron chi connectivity index (χ4n) is 2.84. The summed E-state index contributed by atoms with van der Waals surface area (Å²) in [5, 5.41) is 2.76. The predicted molar refractivity (Wildman–Crippen MR) is 106 cm³/mol. The molecule has 2 aromatic rings. The van der Waals surface area contributed by atoms with Gasteiger partial charge in [-0.15, -0.1) is 0 Å². The molecule has 4 nitrogen and oxygen atoms in total. The first-order valence-electron chi connectivity index (χ1n) is 8.89. The average Bonchev–Trinajstić information content (AvgIpc) is 2.59. The van der Waals surface area contributed by atoms with E-state index < -0.39 is 0 Å². The molecule has 3 rings (SSSR count). The maximum Gasteiger partial charge on any atom is 0.221 e. The van der Waals surface area contributed by atoms with Gasteiger partial charge in [-0.2, -0.15) is 0 Å². The van der Waals surface area contributed by atoms with E-state index in [0.717, 1.165) is 19.3 Å². The molecule has 0 radical (unpaired) electrons. The van der Waals surface area contributed by atoms with E-state index in [2.05, 4.69) is 28.2 Å². The summed E-state index contributed by atoms with van der Waals surface area (Å²) in [5.41, 5.74) is 2.68. The summed E-state index contributed by atoms with van der Waals surface area (Å²) in [4.78, 5) is 24.6. The Morgan fingerprint density at radius 3 is 2.42 bits per heavy atom. The van der Waals surface area contributed by atoms with E-state index in [1.54, 1.807) is 12.1 Å². The molecule has 0 heterocycles. The second kappa shape index (κ2) is 8.04. The van der Waals surface area contributed by atoms with Gasteiger partial charge in [-0.3, -0.25) is 9.59 Å². The topological polar surface area (TPSA) is 55.4 Å². The smallest absolute Gasteiger partial charge is 0.221 e. The highest BCUT2D eigenvalue weighted by Crippen LogP contribution is 2.36. The fourth-order valence-corrected chi connectivity index (χ4v) is 3.28. The van der Waals surface area contributed by atoms with Crippen LogP contribution in [0.25, 0.3) is 0 Å². The van der Waals surface area contributed by atoms with Crippen LogP contribution in [-0.2, 0) is 11.2 Å². The summed E-state index contributed by atoms with van der Waals surface area (Å²) in [6, 6.07) is 11.0. The SMILES string of the molecule is CCc1ccc(C(=O)c2cc(Br)c(OC3CCC3)cc2NC(C)=O)cc1. The van der Waals surface area contributed by atoms with Gasteiger partial charge < -0.3 is 10.1 Å². The summed E-state index contributed by atoms with van der Waals surface area (Å²) in [6.07, 6.45) is 4.37. The molecular formula is C21H22BrNO3. The van der Waals surface area contributed by atoms with Crippen LogP contribution in [0.15, 0.2) is 40.9 Å². The summed E-state index contributed by atoms with van der Waals surface area (Å²) in [5.74, 6) is 0.293. The Labute approximate surface area is 162 Å². The Morgan fingerprint density at radius 2 is 1.88 bits per heavy atom. The zero-order valence-corrected chi connectivity index (χ0v) is 16.6. The average molecular weight is 416 g/mol. The zero-order valence-electron chi connectivity index (χ0n) is 15.0. The quantitative estimate of drug-likeness (QED) is 0.664. The number of carbonyl (C=O) groups excluding carboxylic acids is 2. The normalized spacial score (nSPS) is 13.8. The molecule has 0 spiro atoms. The number of hydrogen-bond donors (Lipinski definition) is 1. The van der Waals surface area contributed by atoms with E-state index in [4.69, 9.17) is 4.74 Å². The number of ketones is 1. The summed E-state index contributed by atoms with van der Waals surface area (Å²) < 4.78 is 6.68. The van der Waals surface area contributed by atoms with Crippen LogP contribution >= 0.6 is 15.9 Å². The lowest BCUT2D eigenvalue weighted by atomic mass is 9.96. The van der Waals surface area contributed by atoms with Crippen LogP contribution in [0.5, 0.6) is 5.75 Å². The minimum Gasteiger partial charge on any atom is -0.489 e. The minimum atomic E-state index is -0.225. The molecule has 1 N–H and O–H groups in total. The lowest BCUT2D eigenvalue weighted by Gasteiger charge is -2.27. The van der Waals surface area contributed by atoms with E-state index in [1.165, 1.54) is 18.9 Å².